The van der Waals surface area contributed by atoms with E-state index in [4.69, 9.17) is 0 Å². The Morgan fingerprint density at radius 3 is 2.35 bits per heavy atom. The van der Waals surface area contributed by atoms with Crippen LogP contribution in [-0.4, -0.2) is 32.0 Å². The maximum atomic E-state index is 14.5. The van der Waals surface area contributed by atoms with Crippen molar-refractivity contribution in [1.29, 1.82) is 0 Å². The van der Waals surface area contributed by atoms with E-state index in [0.29, 0.717) is 6.07 Å². The van der Waals surface area contributed by atoms with Crippen LogP contribution in [0.15, 0.2) is 18.3 Å². The van der Waals surface area contributed by atoms with Crippen LogP contribution in [-0.2, 0) is 5.41 Å². The second kappa shape index (κ2) is 7.46. The molecule has 1 aliphatic rings. The maximum Gasteiger partial charge on any atom is 0.419 e. The van der Waals surface area contributed by atoms with Crippen molar-refractivity contribution in [1.82, 2.24) is 9.97 Å². The number of hydrogen-bond acceptors (Lipinski definition) is 5. The summed E-state index contributed by atoms with van der Waals surface area (Å²) in [5.74, 6) is -4.40. The fourth-order valence-corrected chi connectivity index (χ4v) is 4.81. The molecule has 2 aromatic carbocycles. The van der Waals surface area contributed by atoms with Gasteiger partial charge in [0.15, 0.2) is 28.8 Å². The van der Waals surface area contributed by atoms with Crippen LogP contribution in [0.1, 0.15) is 48.8 Å². The molecule has 182 valence electrons. The van der Waals surface area contributed by atoms with E-state index in [-0.39, 0.29) is 33.6 Å². The number of aliphatic hydroxyl groups is 1. The fraction of sp³-hybridized carbons (Fsp3) is 0.391. The molecule has 0 fully saturated rings. The average Bonchev–Trinajstić information content (AvgIpc) is 2.71. The molecule has 0 radical (unpaired) electrons. The number of phenols is 1. The van der Waals surface area contributed by atoms with Gasteiger partial charge in [-0.15, -0.1) is 0 Å². The van der Waals surface area contributed by atoms with Crippen molar-refractivity contribution < 1.29 is 36.6 Å². The third-order valence-corrected chi connectivity index (χ3v) is 6.31. The molecule has 2 unspecified atom stereocenters. The molecule has 2 atom stereocenters. The Morgan fingerprint density at radius 1 is 1.09 bits per heavy atom. The Hall–Kier alpha value is -3.08. The first-order valence-corrected chi connectivity index (χ1v) is 10.3. The largest absolute Gasteiger partial charge is 0.505 e. The predicted octanol–water partition coefficient (Wildman–Crippen LogP) is 5.50. The lowest BCUT2D eigenvalue weighted by Crippen LogP contribution is -2.58. The van der Waals surface area contributed by atoms with E-state index in [2.05, 4.69) is 15.3 Å². The zero-order valence-corrected chi connectivity index (χ0v) is 18.6. The summed E-state index contributed by atoms with van der Waals surface area (Å²) in [6, 6.07) is -0.263. The molecule has 3 N–H and O–H groups in total. The van der Waals surface area contributed by atoms with Gasteiger partial charge in [0.05, 0.1) is 6.04 Å². The maximum absolute atomic E-state index is 14.5. The topological polar surface area (TPSA) is 78.3 Å². The zero-order valence-electron chi connectivity index (χ0n) is 18.6. The number of fused-ring (bicyclic) bond motifs is 2. The van der Waals surface area contributed by atoms with E-state index in [1.807, 2.05) is 0 Å². The van der Waals surface area contributed by atoms with Crippen LogP contribution in [0.5, 0.6) is 5.75 Å². The van der Waals surface area contributed by atoms with E-state index in [1.54, 1.807) is 0 Å². The molecule has 0 spiro atoms. The molecule has 0 aliphatic heterocycles. The van der Waals surface area contributed by atoms with Crippen LogP contribution in [0.25, 0.3) is 10.9 Å². The number of aryl methyl sites for hydroxylation is 2. The lowest BCUT2D eigenvalue weighted by atomic mass is 9.63. The normalized spacial score (nSPS) is 22.0. The lowest BCUT2D eigenvalue weighted by molar-refractivity contribution is -0.276. The summed E-state index contributed by atoms with van der Waals surface area (Å²) in [6.45, 7) is 5.37. The number of nitrogens with one attached hydrogen (secondary N) is 1. The first-order valence-electron chi connectivity index (χ1n) is 10.3. The Labute approximate surface area is 190 Å². The fourth-order valence-electron chi connectivity index (χ4n) is 4.81. The Morgan fingerprint density at radius 2 is 1.74 bits per heavy atom. The van der Waals surface area contributed by atoms with Gasteiger partial charge >= 0.3 is 6.18 Å². The highest BCUT2D eigenvalue weighted by Crippen LogP contribution is 2.57. The first-order chi connectivity index (χ1) is 15.6. The van der Waals surface area contributed by atoms with E-state index in [0.717, 1.165) is 12.3 Å². The minimum atomic E-state index is -5.18. The van der Waals surface area contributed by atoms with Gasteiger partial charge in [-0.05, 0) is 36.8 Å². The molecule has 0 bridgehead atoms. The summed E-state index contributed by atoms with van der Waals surface area (Å²) in [4.78, 5) is 7.75. The number of aromatic nitrogens is 2. The van der Waals surface area contributed by atoms with E-state index < -0.39 is 58.4 Å². The number of nitrogens with zero attached hydrogens (tertiary/aromatic N) is 2. The van der Waals surface area contributed by atoms with Gasteiger partial charge in [0.2, 0.25) is 0 Å². The second-order valence-corrected chi connectivity index (χ2v) is 9.28. The Bertz CT molecular complexity index is 1320. The number of hydrogen-bond donors (Lipinski definition) is 3. The van der Waals surface area contributed by atoms with Crippen LogP contribution in [0.4, 0.5) is 32.0 Å². The number of rotatable bonds is 2. The molecule has 0 amide bonds. The number of phenolic OH excluding ortho intramolecular Hbond substituents is 1. The van der Waals surface area contributed by atoms with Gasteiger partial charge in [-0.3, -0.25) is 0 Å². The monoisotopic (exact) mass is 485 g/mol. The minimum absolute atomic E-state index is 0.107. The molecule has 1 aliphatic carbocycles. The molecule has 4 rings (SSSR count). The summed E-state index contributed by atoms with van der Waals surface area (Å²) in [6.07, 6.45) is -5.00. The summed E-state index contributed by atoms with van der Waals surface area (Å²) < 4.78 is 86.2. The van der Waals surface area contributed by atoms with Crippen LogP contribution in [0.3, 0.4) is 0 Å². The van der Waals surface area contributed by atoms with Gasteiger partial charge in [0.1, 0.15) is 11.3 Å². The van der Waals surface area contributed by atoms with Crippen LogP contribution in [0.2, 0.25) is 0 Å². The highest BCUT2D eigenvalue weighted by Gasteiger charge is 2.64. The molecule has 11 heteroatoms. The summed E-state index contributed by atoms with van der Waals surface area (Å²) in [7, 11) is 0. The quantitative estimate of drug-likeness (QED) is 0.418. The van der Waals surface area contributed by atoms with Crippen molar-refractivity contribution in [3.63, 3.8) is 0 Å². The van der Waals surface area contributed by atoms with E-state index >= 15 is 0 Å². The van der Waals surface area contributed by atoms with Crippen LogP contribution in [0, 0.1) is 31.3 Å². The highest BCUT2D eigenvalue weighted by atomic mass is 19.4. The van der Waals surface area contributed by atoms with Crippen LogP contribution >= 0.6 is 0 Å². The van der Waals surface area contributed by atoms with Crippen molar-refractivity contribution in [2.75, 3.05) is 5.32 Å². The van der Waals surface area contributed by atoms with E-state index in [9.17, 15) is 36.6 Å². The van der Waals surface area contributed by atoms with Gasteiger partial charge in [-0.1, -0.05) is 19.9 Å². The van der Waals surface area contributed by atoms with Gasteiger partial charge in [0.25, 0.3) is 0 Å². The Balaban J connectivity index is 2.03. The molecule has 1 aromatic heterocycles. The van der Waals surface area contributed by atoms with Crippen molar-refractivity contribution in [3.8, 4) is 5.75 Å². The second-order valence-electron chi connectivity index (χ2n) is 9.28. The number of alkyl halides is 3. The third-order valence-electron chi connectivity index (χ3n) is 6.31. The Kier molecular flexibility index (Phi) is 5.28. The predicted molar refractivity (Wildman–Crippen MR) is 112 cm³/mol. The SMILES string of the molecule is Cc1ncc2c(NC3c4cc(C)c(F)c(O)c4C(C)(C)CC3(O)C(F)(F)F)cc(F)c(F)c2n1. The molecular formula is C23H21F6N3O2. The molecular weight excluding hydrogens is 464 g/mol. The molecule has 34 heavy (non-hydrogen) atoms. The number of aromatic hydroxyl groups is 1. The molecule has 0 saturated heterocycles. The van der Waals surface area contributed by atoms with Gasteiger partial charge in [-0.2, -0.15) is 13.2 Å². The summed E-state index contributed by atoms with van der Waals surface area (Å²) in [5, 5.41) is 23.9. The minimum Gasteiger partial charge on any atom is -0.505 e. The van der Waals surface area contributed by atoms with Gasteiger partial charge in [-0.25, -0.2) is 23.1 Å². The number of benzene rings is 2. The summed E-state index contributed by atoms with van der Waals surface area (Å²) in [5.41, 5.74) is -6.18. The highest BCUT2D eigenvalue weighted by molar-refractivity contribution is 5.91. The number of anilines is 1. The smallest absolute Gasteiger partial charge is 0.419 e. The standard InChI is InChI=1S/C23H21F6N3O2/c1-9-5-11-15(19(33)16(9)25)21(3,4)8-22(34,23(27,28)29)20(11)32-14-6-13(24)17(26)18-12(14)7-30-10(2)31-18/h5-7,20,32-34H,8H2,1-4H3. The first kappa shape index (κ1) is 24.1. The molecule has 0 saturated carbocycles. The van der Waals surface area contributed by atoms with Gasteiger partial charge < -0.3 is 15.5 Å². The van der Waals surface area contributed by atoms with Crippen molar-refractivity contribution >= 4 is 16.6 Å². The molecule has 5 nitrogen and oxygen atoms in total. The van der Waals surface area contributed by atoms with Crippen molar-refractivity contribution in [3.05, 3.63) is 58.3 Å². The summed E-state index contributed by atoms with van der Waals surface area (Å²) >= 11 is 0. The third kappa shape index (κ3) is 3.44. The average molecular weight is 485 g/mol. The van der Waals surface area contributed by atoms with Crippen LogP contribution < -0.4 is 5.32 Å². The van der Waals surface area contributed by atoms with Crippen molar-refractivity contribution in [2.45, 2.75) is 57.3 Å². The number of halogens is 6. The van der Waals surface area contributed by atoms with Gasteiger partial charge in [0, 0.05) is 28.9 Å². The molecule has 3 aromatic rings. The zero-order chi connectivity index (χ0) is 25.4. The van der Waals surface area contributed by atoms with Crippen molar-refractivity contribution in [2.24, 2.45) is 0 Å². The lowest BCUT2D eigenvalue weighted by Gasteiger charge is -2.49. The van der Waals surface area contributed by atoms with E-state index in [1.165, 1.54) is 27.7 Å². The molecule has 1 heterocycles.